The monoisotopic (exact) mass is 274 g/mol. The van der Waals surface area contributed by atoms with E-state index < -0.39 is 0 Å². The molecule has 0 aromatic heterocycles. The molecule has 0 atom stereocenters. The standard InChI is InChI=1S/C5H8O2.Yb/c1-3-5(7)4(2)6;/h3H2,1-2H3;. The number of Topliss-reactive ketones (excluding diaryl/α,β-unsaturated/α-hetero) is 2. The van der Waals surface area contributed by atoms with Gasteiger partial charge in [-0.1, -0.05) is 6.92 Å². The first kappa shape index (κ1) is 11.6. The van der Waals surface area contributed by atoms with Crippen LogP contribution in [-0.4, -0.2) is 11.6 Å². The van der Waals surface area contributed by atoms with E-state index in [9.17, 15) is 9.59 Å². The smallest absolute Gasteiger partial charge is 0.197 e. The molecule has 0 unspecified atom stereocenters. The normalized spacial score (nSPS) is 7.25. The Labute approximate surface area is 87.3 Å². The van der Waals surface area contributed by atoms with Crippen LogP contribution in [0.1, 0.15) is 20.3 Å². The Morgan fingerprint density at radius 3 is 1.75 bits per heavy atom. The van der Waals surface area contributed by atoms with E-state index in [2.05, 4.69) is 0 Å². The molecule has 0 saturated heterocycles. The van der Waals surface area contributed by atoms with Crippen molar-refractivity contribution in [2.75, 3.05) is 0 Å². The Morgan fingerprint density at radius 1 is 1.38 bits per heavy atom. The molecule has 0 aliphatic rings. The second kappa shape index (κ2) is 5.99. The first-order chi connectivity index (χ1) is 3.18. The van der Waals surface area contributed by atoms with Gasteiger partial charge < -0.3 is 0 Å². The van der Waals surface area contributed by atoms with Crippen molar-refractivity contribution in [2.24, 2.45) is 0 Å². The fraction of sp³-hybridized carbons (Fsp3) is 0.600. The van der Waals surface area contributed by atoms with Crippen LogP contribution in [0, 0.1) is 46.9 Å². The summed E-state index contributed by atoms with van der Waals surface area (Å²) in [6.07, 6.45) is 0.329. The zero-order valence-electron chi connectivity index (χ0n) is 4.79. The third-order valence-electron chi connectivity index (χ3n) is 0.714. The fourth-order valence-corrected chi connectivity index (χ4v) is 0.249. The number of hydrogen-bond donors (Lipinski definition) is 0. The molecule has 3 heteroatoms. The largest absolute Gasteiger partial charge is 0.291 e. The molecule has 0 aromatic rings. The number of hydrogen-bond acceptors (Lipinski definition) is 2. The minimum atomic E-state index is -0.345. The van der Waals surface area contributed by atoms with Crippen molar-refractivity contribution in [1.29, 1.82) is 0 Å². The second-order valence-electron chi connectivity index (χ2n) is 1.33. The molecule has 0 aliphatic heterocycles. The summed E-state index contributed by atoms with van der Waals surface area (Å²) < 4.78 is 0. The summed E-state index contributed by atoms with van der Waals surface area (Å²) in [5.74, 6) is -0.637. The molecule has 2 nitrogen and oxygen atoms in total. The summed E-state index contributed by atoms with van der Waals surface area (Å²) in [6, 6.07) is 0. The Hall–Kier alpha value is 0.859. The molecule has 54 valence electrons. The summed E-state index contributed by atoms with van der Waals surface area (Å²) in [5.41, 5.74) is 0. The number of ketones is 2. The summed E-state index contributed by atoms with van der Waals surface area (Å²) in [5, 5.41) is 0. The SMILES string of the molecule is CCC(=O)C(C)=O.[Yb]. The molecule has 0 amide bonds. The van der Waals surface area contributed by atoms with Crippen LogP contribution in [0.5, 0.6) is 0 Å². The van der Waals surface area contributed by atoms with Gasteiger partial charge in [0.25, 0.3) is 0 Å². The Balaban J connectivity index is 0. The van der Waals surface area contributed by atoms with Crippen molar-refractivity contribution in [1.82, 2.24) is 0 Å². The van der Waals surface area contributed by atoms with Crippen molar-refractivity contribution in [2.45, 2.75) is 20.3 Å². The van der Waals surface area contributed by atoms with Gasteiger partial charge in [0.1, 0.15) is 0 Å². The number of carbonyl (C=O) groups is 2. The number of carbonyl (C=O) groups excluding carboxylic acids is 2. The summed E-state index contributed by atoms with van der Waals surface area (Å²) in [7, 11) is 0. The van der Waals surface area contributed by atoms with Gasteiger partial charge in [0.2, 0.25) is 0 Å². The molecule has 0 aromatic carbocycles. The maximum Gasteiger partial charge on any atom is 0.197 e. The molecular weight excluding hydrogens is 265 g/mol. The Kier molecular flexibility index (Phi) is 8.70. The van der Waals surface area contributed by atoms with E-state index in [1.807, 2.05) is 0 Å². The van der Waals surface area contributed by atoms with E-state index in [0.29, 0.717) is 6.42 Å². The van der Waals surface area contributed by atoms with E-state index in [4.69, 9.17) is 0 Å². The topological polar surface area (TPSA) is 34.1 Å². The van der Waals surface area contributed by atoms with Crippen molar-refractivity contribution in [3.63, 3.8) is 0 Å². The van der Waals surface area contributed by atoms with Crippen molar-refractivity contribution in [3.05, 3.63) is 0 Å². The zero-order valence-corrected chi connectivity index (χ0v) is 6.51. The predicted octanol–water partition coefficient (Wildman–Crippen LogP) is 0.554. The molecule has 0 aliphatic carbocycles. The Bertz CT molecular complexity index is 98.6. The van der Waals surface area contributed by atoms with E-state index in [-0.39, 0.29) is 58.5 Å². The van der Waals surface area contributed by atoms with Crippen LogP contribution in [-0.2, 0) is 9.59 Å². The first-order valence-corrected chi connectivity index (χ1v) is 2.22. The van der Waals surface area contributed by atoms with Gasteiger partial charge in [-0.2, -0.15) is 0 Å². The van der Waals surface area contributed by atoms with Gasteiger partial charge in [-0.05, 0) is 0 Å². The zero-order chi connectivity index (χ0) is 5.86. The van der Waals surface area contributed by atoms with Crippen LogP contribution >= 0.6 is 0 Å². The van der Waals surface area contributed by atoms with Crippen LogP contribution in [0.4, 0.5) is 0 Å². The minimum Gasteiger partial charge on any atom is -0.291 e. The fourth-order valence-electron chi connectivity index (χ4n) is 0.249. The van der Waals surface area contributed by atoms with Gasteiger partial charge in [-0.25, -0.2) is 0 Å². The van der Waals surface area contributed by atoms with E-state index in [0.717, 1.165) is 0 Å². The average Bonchev–Trinajstić information content (AvgIpc) is 1.65. The van der Waals surface area contributed by atoms with Crippen LogP contribution in [0.25, 0.3) is 0 Å². The predicted molar refractivity (Wildman–Crippen MR) is 26.0 cm³/mol. The molecule has 0 rings (SSSR count). The van der Waals surface area contributed by atoms with Gasteiger partial charge >= 0.3 is 0 Å². The molecule has 0 heterocycles. The van der Waals surface area contributed by atoms with Gasteiger partial charge in [0.05, 0.1) is 0 Å². The molecular formula is C5H8O2Yb. The van der Waals surface area contributed by atoms with E-state index in [1.54, 1.807) is 6.92 Å². The Morgan fingerprint density at radius 2 is 1.75 bits per heavy atom. The third-order valence-corrected chi connectivity index (χ3v) is 0.714. The molecule has 8 heavy (non-hydrogen) atoms. The van der Waals surface area contributed by atoms with Gasteiger partial charge in [-0.3, -0.25) is 9.59 Å². The van der Waals surface area contributed by atoms with Crippen LogP contribution in [0.3, 0.4) is 0 Å². The van der Waals surface area contributed by atoms with Gasteiger partial charge in [0.15, 0.2) is 11.6 Å². The quantitative estimate of drug-likeness (QED) is 0.689. The summed E-state index contributed by atoms with van der Waals surface area (Å²) in [6.45, 7) is 2.95. The summed E-state index contributed by atoms with van der Waals surface area (Å²) >= 11 is 0. The van der Waals surface area contributed by atoms with Crippen molar-refractivity contribution >= 4 is 11.6 Å². The second-order valence-corrected chi connectivity index (χ2v) is 1.33. The molecule has 0 bridgehead atoms. The molecule has 0 saturated carbocycles. The van der Waals surface area contributed by atoms with E-state index in [1.165, 1.54) is 6.92 Å². The minimum absolute atomic E-state index is 0. The summed E-state index contributed by atoms with van der Waals surface area (Å²) in [4.78, 5) is 20.2. The first-order valence-electron chi connectivity index (χ1n) is 2.22. The van der Waals surface area contributed by atoms with Crippen molar-refractivity contribution < 1.29 is 56.5 Å². The molecule has 0 radical (unpaired) electrons. The van der Waals surface area contributed by atoms with Gasteiger partial charge in [-0.15, -0.1) is 0 Å². The average molecular weight is 273 g/mol. The maximum absolute atomic E-state index is 10.2. The third kappa shape index (κ3) is 5.01. The van der Waals surface area contributed by atoms with Crippen LogP contribution < -0.4 is 0 Å². The maximum atomic E-state index is 10.2. The van der Waals surface area contributed by atoms with Crippen molar-refractivity contribution in [3.8, 4) is 0 Å². The van der Waals surface area contributed by atoms with E-state index >= 15 is 0 Å². The molecule has 0 spiro atoms. The molecule has 0 N–H and O–H groups in total. The number of rotatable bonds is 2. The van der Waals surface area contributed by atoms with Gasteiger partial charge in [0, 0.05) is 60.3 Å². The van der Waals surface area contributed by atoms with Crippen LogP contribution in [0.15, 0.2) is 0 Å². The molecule has 0 fully saturated rings. The van der Waals surface area contributed by atoms with Crippen LogP contribution in [0.2, 0.25) is 0 Å².